The van der Waals surface area contributed by atoms with E-state index in [0.717, 1.165) is 96.3 Å². The Morgan fingerprint density at radius 1 is 0.309 bits per heavy atom. The van der Waals surface area contributed by atoms with E-state index in [1.54, 1.807) is 0 Å². The van der Waals surface area contributed by atoms with Gasteiger partial charge in [-0.05, 0) is 116 Å². The first-order chi connectivity index (χ1) is 33.5. The highest BCUT2D eigenvalue weighted by Gasteiger charge is 2.19. The summed E-state index contributed by atoms with van der Waals surface area (Å²) in [6.45, 7) is 6.28. The minimum atomic E-state index is -0.843. The molecule has 6 heteroatoms. The molecule has 0 aliphatic heterocycles. The number of unbranched alkanes of at least 4 members (excludes halogenated alkanes) is 14. The summed E-state index contributed by atoms with van der Waals surface area (Å²) in [6, 6.07) is 0. The molecule has 0 aliphatic carbocycles. The summed E-state index contributed by atoms with van der Waals surface area (Å²) in [5.41, 5.74) is 0. The normalized spacial score (nSPS) is 13.2. The molecule has 0 radical (unpaired) electrons. The second kappa shape index (κ2) is 55.1. The van der Waals surface area contributed by atoms with Crippen LogP contribution in [0.4, 0.5) is 0 Å². The summed E-state index contributed by atoms with van der Waals surface area (Å²) < 4.78 is 16.7. The molecule has 0 saturated heterocycles. The van der Waals surface area contributed by atoms with Crippen molar-refractivity contribution in [2.24, 2.45) is 0 Å². The fourth-order valence-electron chi connectivity index (χ4n) is 6.87. The Bertz CT molecular complexity index is 1500. The Morgan fingerprint density at radius 2 is 0.618 bits per heavy atom. The minimum absolute atomic E-state index is 0.130. The minimum Gasteiger partial charge on any atom is -0.462 e. The number of hydrogen-bond donors (Lipinski definition) is 0. The predicted octanol–water partition coefficient (Wildman–Crippen LogP) is 18.3. The Morgan fingerprint density at radius 3 is 1.03 bits per heavy atom. The summed E-state index contributed by atoms with van der Waals surface area (Å²) >= 11 is 0. The van der Waals surface area contributed by atoms with Crippen molar-refractivity contribution in [2.75, 3.05) is 13.2 Å². The highest BCUT2D eigenvalue weighted by Crippen LogP contribution is 2.12. The van der Waals surface area contributed by atoms with E-state index in [9.17, 15) is 14.4 Å². The number of rotatable bonds is 47. The van der Waals surface area contributed by atoms with Crippen molar-refractivity contribution >= 4 is 17.9 Å². The second-order valence-corrected chi connectivity index (χ2v) is 17.4. The van der Waals surface area contributed by atoms with Crippen LogP contribution in [0.15, 0.2) is 134 Å². The number of hydrogen-bond acceptors (Lipinski definition) is 6. The lowest BCUT2D eigenvalue weighted by molar-refractivity contribution is -0.166. The number of esters is 3. The van der Waals surface area contributed by atoms with Gasteiger partial charge >= 0.3 is 17.9 Å². The van der Waals surface area contributed by atoms with Crippen LogP contribution in [0, 0.1) is 0 Å². The number of carbonyl (C=O) groups is 3. The summed E-state index contributed by atoms with van der Waals surface area (Å²) in [7, 11) is 0. The lowest BCUT2D eigenvalue weighted by atomic mass is 10.1. The molecule has 6 nitrogen and oxygen atoms in total. The molecule has 0 N–H and O–H groups in total. The Balaban J connectivity index is 4.61. The summed E-state index contributed by atoms with van der Waals surface area (Å²) in [6.07, 6.45) is 77.4. The first-order valence-corrected chi connectivity index (χ1v) is 27.2. The Kier molecular flexibility index (Phi) is 51.5. The van der Waals surface area contributed by atoms with E-state index in [-0.39, 0.29) is 44.0 Å². The quantitative estimate of drug-likeness (QED) is 0.0262. The zero-order chi connectivity index (χ0) is 49.3. The molecule has 1 atom stereocenters. The van der Waals surface area contributed by atoms with Crippen molar-refractivity contribution in [3.05, 3.63) is 134 Å². The maximum absolute atomic E-state index is 12.8. The summed E-state index contributed by atoms with van der Waals surface area (Å²) in [5.74, 6) is -1.09. The van der Waals surface area contributed by atoms with Crippen molar-refractivity contribution in [3.63, 3.8) is 0 Å². The van der Waals surface area contributed by atoms with E-state index in [1.807, 2.05) is 12.2 Å². The lowest BCUT2D eigenvalue weighted by Crippen LogP contribution is -2.30. The molecule has 0 bridgehead atoms. The third-order valence-corrected chi connectivity index (χ3v) is 10.9. The van der Waals surface area contributed by atoms with Gasteiger partial charge in [-0.1, -0.05) is 219 Å². The van der Waals surface area contributed by atoms with E-state index in [1.165, 1.54) is 70.6 Å². The Labute approximate surface area is 417 Å². The predicted molar refractivity (Wildman–Crippen MR) is 292 cm³/mol. The molecule has 0 saturated carbocycles. The van der Waals surface area contributed by atoms with Crippen molar-refractivity contribution in [1.82, 2.24) is 0 Å². The zero-order valence-corrected chi connectivity index (χ0v) is 43.6. The van der Waals surface area contributed by atoms with E-state index in [0.29, 0.717) is 19.3 Å². The number of ether oxygens (including phenoxy) is 3. The van der Waals surface area contributed by atoms with Gasteiger partial charge in [0.15, 0.2) is 6.10 Å². The van der Waals surface area contributed by atoms with E-state index < -0.39 is 6.10 Å². The molecule has 0 aromatic carbocycles. The Hall–Kier alpha value is -4.45. The van der Waals surface area contributed by atoms with Gasteiger partial charge in [-0.3, -0.25) is 14.4 Å². The molecular weight excluding hydrogens is 841 g/mol. The third-order valence-electron chi connectivity index (χ3n) is 10.9. The average Bonchev–Trinajstić information content (AvgIpc) is 3.34. The highest BCUT2D eigenvalue weighted by molar-refractivity contribution is 5.71. The van der Waals surface area contributed by atoms with Gasteiger partial charge in [0.2, 0.25) is 0 Å². The van der Waals surface area contributed by atoms with Crippen molar-refractivity contribution in [2.45, 2.75) is 226 Å². The van der Waals surface area contributed by atoms with Crippen LogP contribution in [0.1, 0.15) is 220 Å². The van der Waals surface area contributed by atoms with Crippen molar-refractivity contribution in [1.29, 1.82) is 0 Å². The van der Waals surface area contributed by atoms with Crippen LogP contribution in [0.3, 0.4) is 0 Å². The fourth-order valence-corrected chi connectivity index (χ4v) is 6.87. The standard InChI is InChI=1S/C62H98O6/c1-4-7-10-13-16-19-22-25-28-30-31-33-34-37-40-43-46-49-52-55-61(64)67-58-59(57-66-60(63)54-51-48-45-42-39-36-27-24-21-18-15-12-9-6-3)68-62(65)56-53-50-47-44-41-38-35-32-29-26-23-20-17-14-11-8-5-2/h7,9-10,12,16,18-19,21,25-26,28-29,31,33,35,37-38,40,44,46-47,49,59H,4-6,8,11,13-15,17,20,22-24,27,30,32,34,36,39,41-43,45,48,50-58H2,1-3H3/b10-7-,12-9-,19-16-,21-18-,28-25-,29-26-,33-31-,38-35-,40-37-,47-44-,49-46-. The molecule has 382 valence electrons. The smallest absolute Gasteiger partial charge is 0.306 e. The highest BCUT2D eigenvalue weighted by atomic mass is 16.6. The van der Waals surface area contributed by atoms with Crippen molar-refractivity contribution < 1.29 is 28.6 Å². The van der Waals surface area contributed by atoms with Gasteiger partial charge in [0, 0.05) is 19.3 Å². The average molecular weight is 939 g/mol. The van der Waals surface area contributed by atoms with Gasteiger partial charge in [-0.15, -0.1) is 0 Å². The molecule has 0 heterocycles. The van der Waals surface area contributed by atoms with Crippen LogP contribution in [0.25, 0.3) is 0 Å². The SMILES string of the molecule is CC/C=C\C/C=C\C/C=C\C/C=C\C/C=C\C/C=C\CCC(=O)OCC(COC(=O)CCCCCCCCC/C=C\C/C=C\CC)OC(=O)CCC/C=C\C/C=C\C/C=C\CCCCCCCC. The van der Waals surface area contributed by atoms with E-state index in [2.05, 4.69) is 142 Å². The molecule has 0 aromatic heterocycles. The molecule has 0 aromatic rings. The summed E-state index contributed by atoms with van der Waals surface area (Å²) in [4.78, 5) is 38.0. The third kappa shape index (κ3) is 52.5. The maximum Gasteiger partial charge on any atom is 0.306 e. The molecule has 68 heavy (non-hydrogen) atoms. The van der Waals surface area contributed by atoms with E-state index in [4.69, 9.17) is 14.2 Å². The van der Waals surface area contributed by atoms with Crippen LogP contribution in [-0.2, 0) is 28.6 Å². The maximum atomic E-state index is 12.8. The molecule has 0 fully saturated rings. The molecular formula is C62H98O6. The van der Waals surface area contributed by atoms with Crippen LogP contribution >= 0.6 is 0 Å². The largest absolute Gasteiger partial charge is 0.462 e. The monoisotopic (exact) mass is 939 g/mol. The second-order valence-electron chi connectivity index (χ2n) is 17.4. The van der Waals surface area contributed by atoms with Gasteiger partial charge in [-0.2, -0.15) is 0 Å². The first-order valence-electron chi connectivity index (χ1n) is 27.2. The zero-order valence-electron chi connectivity index (χ0n) is 43.6. The summed E-state index contributed by atoms with van der Waals surface area (Å²) in [5, 5.41) is 0. The lowest BCUT2D eigenvalue weighted by Gasteiger charge is -2.18. The molecule has 0 aliphatic rings. The number of allylic oxidation sites excluding steroid dienone is 22. The van der Waals surface area contributed by atoms with Crippen LogP contribution < -0.4 is 0 Å². The van der Waals surface area contributed by atoms with Gasteiger partial charge in [0.05, 0.1) is 0 Å². The van der Waals surface area contributed by atoms with Gasteiger partial charge in [0.25, 0.3) is 0 Å². The van der Waals surface area contributed by atoms with E-state index >= 15 is 0 Å². The van der Waals surface area contributed by atoms with Gasteiger partial charge in [-0.25, -0.2) is 0 Å². The molecule has 0 amide bonds. The molecule has 0 rings (SSSR count). The fraction of sp³-hybridized carbons (Fsp3) is 0.597. The molecule has 1 unspecified atom stereocenters. The van der Waals surface area contributed by atoms with Crippen molar-refractivity contribution in [3.8, 4) is 0 Å². The van der Waals surface area contributed by atoms with Gasteiger partial charge in [0.1, 0.15) is 13.2 Å². The molecule has 0 spiro atoms. The van der Waals surface area contributed by atoms with Crippen LogP contribution in [0.5, 0.6) is 0 Å². The topological polar surface area (TPSA) is 78.9 Å². The number of carbonyl (C=O) groups excluding carboxylic acids is 3. The van der Waals surface area contributed by atoms with Crippen LogP contribution in [0.2, 0.25) is 0 Å². The first kappa shape index (κ1) is 63.5. The van der Waals surface area contributed by atoms with Crippen LogP contribution in [-0.4, -0.2) is 37.2 Å². The van der Waals surface area contributed by atoms with Gasteiger partial charge < -0.3 is 14.2 Å².